The summed E-state index contributed by atoms with van der Waals surface area (Å²) in [6, 6.07) is 2.36. The average Bonchev–Trinajstić information content (AvgIpc) is 3.02. The summed E-state index contributed by atoms with van der Waals surface area (Å²) in [5.74, 6) is 0.0456. The van der Waals surface area contributed by atoms with E-state index in [0.29, 0.717) is 0 Å². The number of nitrogens with zero attached hydrogens (tertiary/aromatic N) is 3. The molecular weight excluding hydrogens is 226 g/mol. The van der Waals surface area contributed by atoms with Crippen LogP contribution in [0.2, 0.25) is 0 Å². The van der Waals surface area contributed by atoms with Crippen LogP contribution in [0.1, 0.15) is 36.1 Å². The second-order valence-corrected chi connectivity index (χ2v) is 4.73. The lowest BCUT2D eigenvalue weighted by atomic mass is 10.0. The van der Waals surface area contributed by atoms with E-state index in [1.807, 2.05) is 31.7 Å². The lowest BCUT2D eigenvalue weighted by Crippen LogP contribution is -2.23. The Morgan fingerprint density at radius 3 is 2.83 bits per heavy atom. The van der Waals surface area contributed by atoms with Gasteiger partial charge in [0.2, 0.25) is 5.91 Å². The molecule has 4 nitrogen and oxygen atoms in total. The maximum Gasteiger partial charge on any atom is 0.246 e. The molecule has 0 bridgehead atoms. The zero-order chi connectivity index (χ0) is 12.5. The van der Waals surface area contributed by atoms with E-state index in [-0.39, 0.29) is 18.0 Å². The molecule has 3 rings (SSSR count). The molecule has 2 atom stereocenters. The Balaban J connectivity index is 1.89. The average molecular weight is 241 g/mol. The van der Waals surface area contributed by atoms with Crippen LogP contribution in [-0.2, 0) is 4.79 Å². The van der Waals surface area contributed by atoms with E-state index in [1.54, 1.807) is 11.0 Å². The second-order valence-electron chi connectivity index (χ2n) is 4.73. The van der Waals surface area contributed by atoms with E-state index >= 15 is 0 Å². The number of likely N-dealkylation sites (N-methyl/N-ethyl adjacent to an activating group) is 1. The van der Waals surface area contributed by atoms with Gasteiger partial charge in [-0.3, -0.25) is 14.8 Å². The van der Waals surface area contributed by atoms with Crippen LogP contribution in [0.3, 0.4) is 0 Å². The monoisotopic (exact) mass is 241 g/mol. The normalized spacial score (nSPS) is 26.3. The Kier molecular flexibility index (Phi) is 2.70. The molecule has 1 aromatic heterocycles. The molecule has 18 heavy (non-hydrogen) atoms. The van der Waals surface area contributed by atoms with Gasteiger partial charge in [-0.25, -0.2) is 0 Å². The SMILES string of the molecule is CN1C(=O)C=CC1c1cncc(C2CCC=N2)c1. The van der Waals surface area contributed by atoms with E-state index in [0.717, 1.165) is 24.0 Å². The molecule has 1 amide bonds. The van der Waals surface area contributed by atoms with Crippen molar-refractivity contribution < 1.29 is 4.79 Å². The van der Waals surface area contributed by atoms with Crippen LogP contribution in [0.4, 0.5) is 0 Å². The van der Waals surface area contributed by atoms with Gasteiger partial charge in [0.15, 0.2) is 0 Å². The smallest absolute Gasteiger partial charge is 0.246 e. The molecule has 0 saturated carbocycles. The highest BCUT2D eigenvalue weighted by Gasteiger charge is 2.24. The number of aromatic nitrogens is 1. The van der Waals surface area contributed by atoms with Gasteiger partial charge in [0.1, 0.15) is 0 Å². The summed E-state index contributed by atoms with van der Waals surface area (Å²) < 4.78 is 0. The first-order valence-electron chi connectivity index (χ1n) is 6.17. The number of carbonyl (C=O) groups is 1. The summed E-state index contributed by atoms with van der Waals surface area (Å²) in [5.41, 5.74) is 2.20. The second kappa shape index (κ2) is 4.37. The van der Waals surface area contributed by atoms with Gasteiger partial charge in [-0.2, -0.15) is 0 Å². The van der Waals surface area contributed by atoms with Gasteiger partial charge < -0.3 is 4.90 Å². The molecule has 3 heterocycles. The fourth-order valence-electron chi connectivity index (χ4n) is 2.47. The number of carbonyl (C=O) groups excluding carboxylic acids is 1. The van der Waals surface area contributed by atoms with Crippen LogP contribution >= 0.6 is 0 Å². The summed E-state index contributed by atoms with van der Waals surface area (Å²) in [6.45, 7) is 0. The Hall–Kier alpha value is -1.97. The molecule has 0 N–H and O–H groups in total. The number of amides is 1. The molecule has 2 aliphatic rings. The van der Waals surface area contributed by atoms with Crippen molar-refractivity contribution in [2.75, 3.05) is 7.05 Å². The molecule has 0 aromatic carbocycles. The Morgan fingerprint density at radius 1 is 1.33 bits per heavy atom. The minimum Gasteiger partial charge on any atom is -0.332 e. The molecule has 0 aliphatic carbocycles. The first-order valence-corrected chi connectivity index (χ1v) is 6.17. The first kappa shape index (κ1) is 11.1. The fraction of sp³-hybridized carbons (Fsp3) is 0.357. The van der Waals surface area contributed by atoms with Gasteiger partial charge in [-0.1, -0.05) is 6.08 Å². The minimum atomic E-state index is 0.00957. The number of hydrogen-bond donors (Lipinski definition) is 0. The van der Waals surface area contributed by atoms with Gasteiger partial charge in [-0.05, 0) is 36.2 Å². The zero-order valence-electron chi connectivity index (χ0n) is 10.3. The van der Waals surface area contributed by atoms with Crippen LogP contribution in [0, 0.1) is 0 Å². The maximum absolute atomic E-state index is 11.5. The van der Waals surface area contributed by atoms with E-state index < -0.39 is 0 Å². The summed E-state index contributed by atoms with van der Waals surface area (Å²) >= 11 is 0. The predicted molar refractivity (Wildman–Crippen MR) is 69.4 cm³/mol. The molecule has 1 aromatic rings. The van der Waals surface area contributed by atoms with Gasteiger partial charge in [0.25, 0.3) is 0 Å². The number of hydrogen-bond acceptors (Lipinski definition) is 3. The topological polar surface area (TPSA) is 45.6 Å². The van der Waals surface area contributed by atoms with Crippen molar-refractivity contribution in [2.24, 2.45) is 4.99 Å². The van der Waals surface area contributed by atoms with Crippen molar-refractivity contribution >= 4 is 12.1 Å². The highest BCUT2D eigenvalue weighted by molar-refractivity contribution is 5.90. The quantitative estimate of drug-likeness (QED) is 0.795. The van der Waals surface area contributed by atoms with Gasteiger partial charge in [0.05, 0.1) is 12.1 Å². The van der Waals surface area contributed by atoms with E-state index in [4.69, 9.17) is 0 Å². The molecular formula is C14H15N3O. The van der Waals surface area contributed by atoms with Crippen molar-refractivity contribution in [3.63, 3.8) is 0 Å². The van der Waals surface area contributed by atoms with Crippen LogP contribution < -0.4 is 0 Å². The van der Waals surface area contributed by atoms with Crippen molar-refractivity contribution in [3.8, 4) is 0 Å². The highest BCUT2D eigenvalue weighted by atomic mass is 16.2. The summed E-state index contributed by atoms with van der Waals surface area (Å²) in [7, 11) is 1.81. The first-order chi connectivity index (χ1) is 8.75. The van der Waals surface area contributed by atoms with E-state index in [9.17, 15) is 4.79 Å². The van der Waals surface area contributed by atoms with Crippen LogP contribution in [-0.4, -0.2) is 29.1 Å². The zero-order valence-corrected chi connectivity index (χ0v) is 10.3. The Bertz CT molecular complexity index is 536. The summed E-state index contributed by atoms with van der Waals surface area (Å²) in [5, 5.41) is 0. The summed E-state index contributed by atoms with van der Waals surface area (Å²) in [6.07, 6.45) is 11.3. The van der Waals surface area contributed by atoms with Gasteiger partial charge in [-0.15, -0.1) is 0 Å². The van der Waals surface area contributed by atoms with Crippen molar-refractivity contribution in [3.05, 3.63) is 41.7 Å². The number of rotatable bonds is 2. The van der Waals surface area contributed by atoms with Gasteiger partial charge in [0, 0.05) is 25.5 Å². The maximum atomic E-state index is 11.5. The lowest BCUT2D eigenvalue weighted by Gasteiger charge is -2.20. The lowest BCUT2D eigenvalue weighted by molar-refractivity contribution is -0.124. The minimum absolute atomic E-state index is 0.00957. The van der Waals surface area contributed by atoms with Crippen LogP contribution in [0.5, 0.6) is 0 Å². The van der Waals surface area contributed by atoms with Crippen LogP contribution in [0.25, 0.3) is 0 Å². The number of pyridine rings is 1. The molecule has 4 heteroatoms. The van der Waals surface area contributed by atoms with Crippen molar-refractivity contribution in [2.45, 2.75) is 24.9 Å². The van der Waals surface area contributed by atoms with Gasteiger partial charge >= 0.3 is 0 Å². The van der Waals surface area contributed by atoms with E-state index in [2.05, 4.69) is 16.0 Å². The molecule has 0 fully saturated rings. The molecule has 2 aliphatic heterocycles. The fourth-order valence-corrected chi connectivity index (χ4v) is 2.47. The third-order valence-electron chi connectivity index (χ3n) is 3.55. The van der Waals surface area contributed by atoms with E-state index in [1.165, 1.54) is 0 Å². The van der Waals surface area contributed by atoms with Crippen molar-refractivity contribution in [1.82, 2.24) is 9.88 Å². The third-order valence-corrected chi connectivity index (χ3v) is 3.55. The standard InChI is InChI=1S/C14H15N3O/c1-17-13(4-5-14(17)18)11-7-10(8-15-9-11)12-3-2-6-16-12/h4-9,12-13H,2-3H2,1H3. The van der Waals surface area contributed by atoms with Crippen LogP contribution in [0.15, 0.2) is 35.6 Å². The summed E-state index contributed by atoms with van der Waals surface area (Å²) in [4.78, 5) is 21.9. The molecule has 0 saturated heterocycles. The third kappa shape index (κ3) is 1.83. The molecule has 2 unspecified atom stereocenters. The largest absolute Gasteiger partial charge is 0.332 e. The number of aliphatic imine (C=N–C) groups is 1. The Morgan fingerprint density at radius 2 is 2.17 bits per heavy atom. The molecule has 92 valence electrons. The Labute approximate surface area is 106 Å². The van der Waals surface area contributed by atoms with Crippen molar-refractivity contribution in [1.29, 1.82) is 0 Å². The molecule has 0 radical (unpaired) electrons. The molecule has 0 spiro atoms. The highest BCUT2D eigenvalue weighted by Crippen LogP contribution is 2.30. The predicted octanol–water partition coefficient (Wildman–Crippen LogP) is 2.06.